The molecule has 12 rings (SSSR count). The molecule has 4 aromatic heterocycles. The minimum Gasteiger partial charge on any atom is -0.391 e. The van der Waals surface area contributed by atoms with Crippen LogP contribution in [-0.4, -0.2) is 138 Å². The summed E-state index contributed by atoms with van der Waals surface area (Å²) in [5.74, 6) is 3.80. The molecule has 408 valence electrons. The molecule has 0 aliphatic carbocycles. The molecule has 4 aliphatic heterocycles. The van der Waals surface area contributed by atoms with Crippen LogP contribution in [-0.2, 0) is 25.7 Å². The second-order valence-corrected chi connectivity index (χ2v) is 21.0. The standard InChI is InChI=1S/C30H34N8O.C16H19N3.C15H17ClN4O/c39-27-7-4-12-38(21-27)26-10-8-24(9-11-26)18-28-33-22-34-30(35-28)37-15-13-36(14-16-37)29-31-19-25(20-32-29)17-23-5-2-1-3-6-23;1-3-7-14(8-4-1)11-15-12-17-16(18-13-15)19-9-5-2-6-10-19;16-15-18-10-17-14(19-15)8-11-3-5-12(6-4-11)20-7-1-2-13(21)9-20/h1-3,5-6,8-11,19-20,22,27,39H,4,7,12-18,21H2;1,3-4,7-8,12-13H,2,5-6,9-11H2;3-6,10,13,21H,1-2,7-9H2/t27-;;13-/m1.1/s1. The normalized spacial score (nSPS) is 17.5. The highest BCUT2D eigenvalue weighted by molar-refractivity contribution is 6.28. The summed E-state index contributed by atoms with van der Waals surface area (Å²) in [6.07, 6.45) is 21.1. The first-order valence-corrected chi connectivity index (χ1v) is 28.2. The minimum atomic E-state index is -0.234. The molecular weight excluding hydrogens is 1010 g/mol. The number of aliphatic hydroxyl groups is 2. The summed E-state index contributed by atoms with van der Waals surface area (Å²) in [5, 5.41) is 19.9. The molecule has 4 fully saturated rings. The molecule has 0 amide bonds. The zero-order chi connectivity index (χ0) is 54.0. The highest BCUT2D eigenvalue weighted by atomic mass is 35.5. The van der Waals surface area contributed by atoms with Gasteiger partial charge >= 0.3 is 0 Å². The van der Waals surface area contributed by atoms with E-state index in [9.17, 15) is 10.2 Å². The van der Waals surface area contributed by atoms with Crippen molar-refractivity contribution in [3.05, 3.63) is 197 Å². The van der Waals surface area contributed by atoms with Crippen LogP contribution in [0.1, 0.15) is 90.0 Å². The van der Waals surface area contributed by atoms with Crippen LogP contribution in [0.5, 0.6) is 0 Å². The summed E-state index contributed by atoms with van der Waals surface area (Å²) >= 11 is 5.76. The molecule has 4 saturated heterocycles. The van der Waals surface area contributed by atoms with Crippen molar-refractivity contribution in [3.8, 4) is 0 Å². The fourth-order valence-corrected chi connectivity index (χ4v) is 10.6. The number of nitrogens with zero attached hydrogens (tertiary/aromatic N) is 15. The van der Waals surface area contributed by atoms with Gasteiger partial charge < -0.3 is 34.7 Å². The number of hydrogen-bond acceptors (Lipinski definition) is 17. The fraction of sp³-hybridized carbons (Fsp3) is 0.377. The van der Waals surface area contributed by atoms with Gasteiger partial charge in [-0.15, -0.1) is 0 Å². The van der Waals surface area contributed by atoms with E-state index in [0.29, 0.717) is 31.8 Å². The SMILES string of the molecule is O[C@@H]1CCCN(c2ccc(Cc3ncnc(Cl)n3)cc2)C1.O[C@@H]1CCCN(c2ccc(Cc3ncnc(N4CCN(c5ncc(Cc6ccccc6)cn5)CC4)n3)cc2)C1.c1ccc(Cc2cnc(N3CCCCC3)nc2)cc1. The Morgan fingerprint density at radius 1 is 0.367 bits per heavy atom. The van der Waals surface area contributed by atoms with Gasteiger partial charge in [-0.2, -0.15) is 4.98 Å². The third-order valence-corrected chi connectivity index (χ3v) is 14.9. The van der Waals surface area contributed by atoms with Crippen LogP contribution < -0.4 is 24.5 Å². The molecule has 17 nitrogen and oxygen atoms in total. The first kappa shape index (κ1) is 54.6. The maximum Gasteiger partial charge on any atom is 0.228 e. The molecule has 2 atom stereocenters. The number of piperidine rings is 3. The summed E-state index contributed by atoms with van der Waals surface area (Å²) in [6.45, 7) is 8.82. The average Bonchev–Trinajstić information content (AvgIpc) is 3.50. The van der Waals surface area contributed by atoms with Crippen LogP contribution in [0.4, 0.5) is 29.2 Å². The number of anilines is 5. The van der Waals surface area contributed by atoms with E-state index in [0.717, 1.165) is 143 Å². The Bertz CT molecular complexity index is 3080. The van der Waals surface area contributed by atoms with Gasteiger partial charge in [0.15, 0.2) is 0 Å². The Balaban J connectivity index is 0.000000148. The molecule has 0 unspecified atom stereocenters. The Labute approximate surface area is 468 Å². The quantitative estimate of drug-likeness (QED) is 0.112. The number of aromatic nitrogens is 10. The van der Waals surface area contributed by atoms with Crippen molar-refractivity contribution in [3.63, 3.8) is 0 Å². The van der Waals surface area contributed by atoms with Crippen molar-refractivity contribution in [1.29, 1.82) is 0 Å². The van der Waals surface area contributed by atoms with Gasteiger partial charge in [-0.1, -0.05) is 84.9 Å². The van der Waals surface area contributed by atoms with Crippen LogP contribution in [0.2, 0.25) is 5.28 Å². The molecule has 79 heavy (non-hydrogen) atoms. The maximum absolute atomic E-state index is 9.97. The van der Waals surface area contributed by atoms with Crippen LogP contribution in [0.3, 0.4) is 0 Å². The van der Waals surface area contributed by atoms with Gasteiger partial charge in [-0.05, 0) is 114 Å². The average molecular weight is 1080 g/mol. The van der Waals surface area contributed by atoms with Gasteiger partial charge in [0.1, 0.15) is 24.3 Å². The predicted octanol–water partition coefficient (Wildman–Crippen LogP) is 8.27. The molecule has 18 heteroatoms. The molecular formula is C61H70ClN15O2. The van der Waals surface area contributed by atoms with Gasteiger partial charge in [0.05, 0.1) is 12.2 Å². The van der Waals surface area contributed by atoms with Gasteiger partial charge in [-0.25, -0.2) is 44.9 Å². The zero-order valence-corrected chi connectivity index (χ0v) is 45.6. The van der Waals surface area contributed by atoms with E-state index >= 15 is 0 Å². The highest BCUT2D eigenvalue weighted by Gasteiger charge is 2.23. The monoisotopic (exact) mass is 1080 g/mol. The topological polar surface area (TPSA) is 186 Å². The van der Waals surface area contributed by atoms with Crippen LogP contribution in [0.15, 0.2) is 147 Å². The molecule has 8 heterocycles. The Morgan fingerprint density at radius 3 is 1.23 bits per heavy atom. The number of hydrogen-bond donors (Lipinski definition) is 2. The minimum absolute atomic E-state index is 0.217. The van der Waals surface area contributed by atoms with Crippen LogP contribution in [0.25, 0.3) is 0 Å². The van der Waals surface area contributed by atoms with Gasteiger partial charge in [0.2, 0.25) is 23.1 Å². The smallest absolute Gasteiger partial charge is 0.228 e. The Kier molecular flexibility index (Phi) is 19.2. The lowest BCUT2D eigenvalue weighted by Gasteiger charge is -2.34. The van der Waals surface area contributed by atoms with E-state index in [1.54, 1.807) is 6.33 Å². The van der Waals surface area contributed by atoms with E-state index in [2.05, 4.69) is 166 Å². The molecule has 0 spiro atoms. The fourth-order valence-electron chi connectivity index (χ4n) is 10.4. The summed E-state index contributed by atoms with van der Waals surface area (Å²) in [4.78, 5) is 55.1. The molecule has 0 bridgehead atoms. The van der Waals surface area contributed by atoms with E-state index in [-0.39, 0.29) is 17.5 Å². The largest absolute Gasteiger partial charge is 0.391 e. The predicted molar refractivity (Wildman–Crippen MR) is 311 cm³/mol. The van der Waals surface area contributed by atoms with Crippen molar-refractivity contribution in [2.75, 3.05) is 89.9 Å². The summed E-state index contributed by atoms with van der Waals surface area (Å²) in [6, 6.07) is 37.6. The lowest BCUT2D eigenvalue weighted by Crippen LogP contribution is -2.47. The number of rotatable bonds is 13. The van der Waals surface area contributed by atoms with Gasteiger partial charge in [-0.3, -0.25) is 0 Å². The maximum atomic E-state index is 9.97. The summed E-state index contributed by atoms with van der Waals surface area (Å²) < 4.78 is 0. The van der Waals surface area contributed by atoms with E-state index in [4.69, 9.17) is 16.6 Å². The Morgan fingerprint density at radius 2 is 0.772 bits per heavy atom. The second-order valence-electron chi connectivity index (χ2n) is 20.7. The van der Waals surface area contributed by atoms with E-state index in [1.807, 2.05) is 36.9 Å². The summed E-state index contributed by atoms with van der Waals surface area (Å²) in [7, 11) is 0. The number of aliphatic hydroxyl groups excluding tert-OH is 2. The lowest BCUT2D eigenvalue weighted by atomic mass is 10.1. The van der Waals surface area contributed by atoms with Crippen LogP contribution in [0, 0.1) is 0 Å². The number of piperazine rings is 1. The van der Waals surface area contributed by atoms with Crippen molar-refractivity contribution in [2.45, 2.75) is 82.8 Å². The van der Waals surface area contributed by atoms with Crippen molar-refractivity contribution in [2.24, 2.45) is 0 Å². The molecule has 0 radical (unpaired) electrons. The Hall–Kier alpha value is -7.73. The van der Waals surface area contributed by atoms with E-state index < -0.39 is 0 Å². The number of benzene rings is 4. The number of halogens is 1. The van der Waals surface area contributed by atoms with E-state index in [1.165, 1.54) is 42.3 Å². The van der Waals surface area contributed by atoms with Crippen molar-refractivity contribution >= 4 is 40.8 Å². The van der Waals surface area contributed by atoms with Crippen LogP contribution >= 0.6 is 11.6 Å². The molecule has 8 aromatic rings. The zero-order valence-electron chi connectivity index (χ0n) is 44.8. The molecule has 4 aliphatic rings. The van der Waals surface area contributed by atoms with Crippen molar-refractivity contribution in [1.82, 2.24) is 49.8 Å². The highest BCUT2D eigenvalue weighted by Crippen LogP contribution is 2.24. The molecule has 4 aromatic carbocycles. The summed E-state index contributed by atoms with van der Waals surface area (Å²) in [5.41, 5.74) is 9.43. The third kappa shape index (κ3) is 16.2. The molecule has 2 N–H and O–H groups in total. The van der Waals surface area contributed by atoms with Gasteiger partial charge in [0.25, 0.3) is 0 Å². The van der Waals surface area contributed by atoms with Crippen molar-refractivity contribution < 1.29 is 10.2 Å². The second kappa shape index (κ2) is 27.7. The van der Waals surface area contributed by atoms with Gasteiger partial charge in [0, 0.05) is 127 Å². The first-order valence-electron chi connectivity index (χ1n) is 27.8. The first-order chi connectivity index (χ1) is 38.8. The number of β-amino-alcohol motifs (C(OH)–C–C–N with tert-alkyl or cyclic N) is 2. The third-order valence-electron chi connectivity index (χ3n) is 14.7. The molecule has 0 saturated carbocycles. The lowest BCUT2D eigenvalue weighted by molar-refractivity contribution is 0.154.